The van der Waals surface area contributed by atoms with Crippen molar-refractivity contribution in [2.24, 2.45) is 5.92 Å². The van der Waals surface area contributed by atoms with Crippen LogP contribution in [-0.4, -0.2) is 28.1 Å². The van der Waals surface area contributed by atoms with Crippen LogP contribution in [0.15, 0.2) is 20.1 Å². The van der Waals surface area contributed by atoms with Crippen molar-refractivity contribution in [2.45, 2.75) is 10.6 Å². The monoisotopic (exact) mass is 324 g/mol. The van der Waals surface area contributed by atoms with Gasteiger partial charge >= 0.3 is 0 Å². The number of thiophene rings is 1. The fourth-order valence-electron chi connectivity index (χ4n) is 1.63. The minimum absolute atomic E-state index is 0.366. The lowest BCUT2D eigenvalue weighted by atomic mass is 10.1. The third-order valence-corrected chi connectivity index (χ3v) is 6.08. The first kappa shape index (κ1) is 12.5. The van der Waals surface area contributed by atoms with Crippen molar-refractivity contribution in [2.75, 3.05) is 19.6 Å². The lowest BCUT2D eigenvalue weighted by Crippen LogP contribution is -2.29. The van der Waals surface area contributed by atoms with Crippen molar-refractivity contribution in [1.29, 1.82) is 0 Å². The molecule has 7 heteroatoms. The first-order chi connectivity index (χ1) is 7.58. The van der Waals surface area contributed by atoms with Crippen LogP contribution < -0.4 is 10.0 Å². The summed E-state index contributed by atoms with van der Waals surface area (Å²) < 4.78 is 27.6. The lowest BCUT2D eigenvalue weighted by Gasteiger charge is -2.09. The predicted octanol–water partition coefficient (Wildman–Crippen LogP) is 1.40. The molecule has 1 aromatic heterocycles. The zero-order valence-electron chi connectivity index (χ0n) is 8.57. The van der Waals surface area contributed by atoms with Gasteiger partial charge in [0.1, 0.15) is 4.21 Å². The Morgan fingerprint density at radius 2 is 2.38 bits per heavy atom. The van der Waals surface area contributed by atoms with Crippen molar-refractivity contribution in [3.05, 3.63) is 15.9 Å². The van der Waals surface area contributed by atoms with Gasteiger partial charge in [-0.2, -0.15) is 0 Å². The lowest BCUT2D eigenvalue weighted by molar-refractivity contribution is 0.540. The first-order valence-corrected chi connectivity index (χ1v) is 8.13. The predicted molar refractivity (Wildman–Crippen MR) is 68.2 cm³/mol. The van der Waals surface area contributed by atoms with Gasteiger partial charge in [0.05, 0.1) is 3.79 Å². The van der Waals surface area contributed by atoms with Gasteiger partial charge in [-0.1, -0.05) is 0 Å². The molecule has 0 saturated carbocycles. The SMILES string of the molecule is O=S(=O)(NC[C@@H]1CCNC1)c1ccc(Br)s1. The van der Waals surface area contributed by atoms with Gasteiger partial charge in [-0.15, -0.1) is 11.3 Å². The molecule has 0 aliphatic carbocycles. The molecule has 1 aliphatic heterocycles. The van der Waals surface area contributed by atoms with Gasteiger partial charge in [-0.25, -0.2) is 13.1 Å². The second-order valence-corrected chi connectivity index (χ2v) is 8.23. The van der Waals surface area contributed by atoms with Crippen LogP contribution in [0.1, 0.15) is 6.42 Å². The maximum Gasteiger partial charge on any atom is 0.250 e. The molecule has 2 rings (SSSR count). The van der Waals surface area contributed by atoms with Crippen molar-refractivity contribution in [3.8, 4) is 0 Å². The van der Waals surface area contributed by atoms with E-state index in [-0.39, 0.29) is 0 Å². The van der Waals surface area contributed by atoms with Crippen molar-refractivity contribution < 1.29 is 8.42 Å². The van der Waals surface area contributed by atoms with E-state index >= 15 is 0 Å². The number of sulfonamides is 1. The van der Waals surface area contributed by atoms with Crippen LogP contribution in [0.5, 0.6) is 0 Å². The smallest absolute Gasteiger partial charge is 0.250 e. The van der Waals surface area contributed by atoms with Crippen LogP contribution >= 0.6 is 27.3 Å². The first-order valence-electron chi connectivity index (χ1n) is 5.03. The molecule has 90 valence electrons. The Labute approximate surface area is 108 Å². The zero-order valence-corrected chi connectivity index (χ0v) is 11.8. The average Bonchev–Trinajstić information content (AvgIpc) is 2.85. The number of halogens is 1. The minimum atomic E-state index is -3.32. The number of hydrogen-bond donors (Lipinski definition) is 2. The highest BCUT2D eigenvalue weighted by Crippen LogP contribution is 2.25. The highest BCUT2D eigenvalue weighted by Gasteiger charge is 2.20. The van der Waals surface area contributed by atoms with E-state index in [0.717, 1.165) is 23.3 Å². The van der Waals surface area contributed by atoms with E-state index in [4.69, 9.17) is 0 Å². The average molecular weight is 325 g/mol. The van der Waals surface area contributed by atoms with E-state index in [1.54, 1.807) is 12.1 Å². The molecule has 1 aromatic rings. The van der Waals surface area contributed by atoms with Gasteiger partial charge in [0.2, 0.25) is 10.0 Å². The molecule has 1 fully saturated rings. The molecule has 2 N–H and O–H groups in total. The summed E-state index contributed by atoms with van der Waals surface area (Å²) in [6.45, 7) is 2.40. The molecule has 1 atom stereocenters. The Hall–Kier alpha value is 0.0500. The van der Waals surface area contributed by atoms with Crippen LogP contribution in [0.3, 0.4) is 0 Å². The Kier molecular flexibility index (Phi) is 4.01. The normalized spacial score (nSPS) is 21.4. The summed E-state index contributed by atoms with van der Waals surface area (Å²) in [7, 11) is -3.32. The molecular formula is C9H13BrN2O2S2. The molecule has 0 bridgehead atoms. The topological polar surface area (TPSA) is 58.2 Å². The summed E-state index contributed by atoms with van der Waals surface area (Å²) in [4.78, 5) is 0. The fraction of sp³-hybridized carbons (Fsp3) is 0.556. The second kappa shape index (κ2) is 5.14. The molecule has 0 radical (unpaired) electrons. The molecule has 2 heterocycles. The fourth-order valence-corrected chi connectivity index (χ4v) is 4.80. The van der Waals surface area contributed by atoms with Gasteiger partial charge < -0.3 is 5.32 Å². The Morgan fingerprint density at radius 3 is 2.94 bits per heavy atom. The standard InChI is InChI=1S/C9H13BrN2O2S2/c10-8-1-2-9(15-8)16(13,14)12-6-7-3-4-11-5-7/h1-2,7,11-12H,3-6H2/t7-/m1/s1. The van der Waals surface area contributed by atoms with Crippen LogP contribution in [-0.2, 0) is 10.0 Å². The maximum absolute atomic E-state index is 11.9. The molecule has 0 amide bonds. The van der Waals surface area contributed by atoms with Crippen LogP contribution in [0.4, 0.5) is 0 Å². The van der Waals surface area contributed by atoms with E-state index in [2.05, 4.69) is 26.0 Å². The number of rotatable bonds is 4. The molecule has 1 saturated heterocycles. The molecule has 1 aliphatic rings. The molecular weight excluding hydrogens is 312 g/mol. The third-order valence-electron chi connectivity index (χ3n) is 2.54. The van der Waals surface area contributed by atoms with Crippen LogP contribution in [0.2, 0.25) is 0 Å². The van der Waals surface area contributed by atoms with Crippen LogP contribution in [0, 0.1) is 5.92 Å². The molecule has 0 unspecified atom stereocenters. The van der Waals surface area contributed by atoms with E-state index in [1.807, 2.05) is 0 Å². The van der Waals surface area contributed by atoms with Gasteiger partial charge in [0.25, 0.3) is 0 Å². The summed E-state index contributed by atoms with van der Waals surface area (Å²) in [5.74, 6) is 0.415. The van der Waals surface area contributed by atoms with E-state index < -0.39 is 10.0 Å². The zero-order chi connectivity index (χ0) is 11.6. The van der Waals surface area contributed by atoms with E-state index in [0.29, 0.717) is 16.7 Å². The van der Waals surface area contributed by atoms with Gasteiger partial charge in [0.15, 0.2) is 0 Å². The second-order valence-electron chi connectivity index (χ2n) is 3.77. The molecule has 4 nitrogen and oxygen atoms in total. The highest BCUT2D eigenvalue weighted by atomic mass is 79.9. The molecule has 16 heavy (non-hydrogen) atoms. The van der Waals surface area contributed by atoms with Crippen molar-refractivity contribution in [1.82, 2.24) is 10.0 Å². The minimum Gasteiger partial charge on any atom is -0.316 e. The van der Waals surface area contributed by atoms with Gasteiger partial charge in [0, 0.05) is 6.54 Å². The Morgan fingerprint density at radius 1 is 1.56 bits per heavy atom. The number of nitrogens with one attached hydrogen (secondary N) is 2. The summed E-state index contributed by atoms with van der Waals surface area (Å²) in [6.07, 6.45) is 1.04. The van der Waals surface area contributed by atoms with E-state index in [9.17, 15) is 8.42 Å². The van der Waals surface area contributed by atoms with Gasteiger partial charge in [-0.3, -0.25) is 0 Å². The third kappa shape index (κ3) is 3.04. The summed E-state index contributed by atoms with van der Waals surface area (Å²) in [6, 6.07) is 3.36. The molecule has 0 aromatic carbocycles. The van der Waals surface area contributed by atoms with Crippen molar-refractivity contribution >= 4 is 37.3 Å². The van der Waals surface area contributed by atoms with Crippen molar-refractivity contribution in [3.63, 3.8) is 0 Å². The largest absolute Gasteiger partial charge is 0.316 e. The summed E-state index contributed by atoms with van der Waals surface area (Å²) in [5.41, 5.74) is 0. The summed E-state index contributed by atoms with van der Waals surface area (Å²) in [5, 5.41) is 3.21. The maximum atomic E-state index is 11.9. The molecule has 0 spiro atoms. The Balaban J connectivity index is 1.97. The highest BCUT2D eigenvalue weighted by molar-refractivity contribution is 9.11. The van der Waals surface area contributed by atoms with Gasteiger partial charge in [-0.05, 0) is 53.5 Å². The van der Waals surface area contributed by atoms with Crippen LogP contribution in [0.25, 0.3) is 0 Å². The quantitative estimate of drug-likeness (QED) is 0.880. The number of hydrogen-bond acceptors (Lipinski definition) is 4. The summed E-state index contributed by atoms with van der Waals surface area (Å²) >= 11 is 4.49. The van der Waals surface area contributed by atoms with E-state index in [1.165, 1.54) is 11.3 Å². The Bertz CT molecular complexity index is 452.